The zero-order valence-corrected chi connectivity index (χ0v) is 26.9. The first-order valence-electron chi connectivity index (χ1n) is 15.4. The molecule has 3 aromatic rings. The first-order valence-corrected chi connectivity index (χ1v) is 16.5. The molecule has 3 heterocycles. The van der Waals surface area contributed by atoms with E-state index in [0.717, 1.165) is 59.9 Å². The van der Waals surface area contributed by atoms with Crippen molar-refractivity contribution in [2.45, 2.75) is 76.5 Å². The number of nitrogens with zero attached hydrogens (tertiary/aromatic N) is 5. The van der Waals surface area contributed by atoms with E-state index in [1.165, 1.54) is 17.5 Å². The zero-order valence-electron chi connectivity index (χ0n) is 24.6. The Labute approximate surface area is 266 Å². The Morgan fingerprint density at radius 1 is 1.07 bits per heavy atom. The highest BCUT2D eigenvalue weighted by molar-refractivity contribution is 9.10. The van der Waals surface area contributed by atoms with Crippen molar-refractivity contribution in [2.24, 2.45) is 0 Å². The van der Waals surface area contributed by atoms with Crippen LogP contribution < -0.4 is 10.6 Å². The zero-order chi connectivity index (χ0) is 29.9. The first kappa shape index (κ1) is 30.1. The lowest BCUT2D eigenvalue weighted by Gasteiger charge is -2.44. The molecule has 1 unspecified atom stereocenters. The normalized spacial score (nSPS) is 21.0. The summed E-state index contributed by atoms with van der Waals surface area (Å²) in [5, 5.41) is 7.08. The van der Waals surface area contributed by atoms with Gasteiger partial charge in [0.15, 0.2) is 0 Å². The van der Waals surface area contributed by atoms with E-state index in [1.54, 1.807) is 11.2 Å². The molecular weight excluding hydrogens is 630 g/mol. The summed E-state index contributed by atoms with van der Waals surface area (Å²) in [4.78, 5) is 40.8. The van der Waals surface area contributed by atoms with Crippen LogP contribution in [0.15, 0.2) is 47.5 Å². The number of rotatable bonds is 6. The van der Waals surface area contributed by atoms with E-state index in [-0.39, 0.29) is 24.0 Å². The quantitative estimate of drug-likeness (QED) is 0.384. The summed E-state index contributed by atoms with van der Waals surface area (Å²) in [7, 11) is 0. The molecule has 0 radical (unpaired) electrons. The summed E-state index contributed by atoms with van der Waals surface area (Å²) >= 11 is 10.1. The minimum Gasteiger partial charge on any atom is -0.352 e. The van der Waals surface area contributed by atoms with Crippen molar-refractivity contribution >= 4 is 39.5 Å². The maximum Gasteiger partial charge on any atom is 0.318 e. The van der Waals surface area contributed by atoms with Crippen LogP contribution in [0.25, 0.3) is 0 Å². The summed E-state index contributed by atoms with van der Waals surface area (Å²) < 4.78 is 2.91. The van der Waals surface area contributed by atoms with Gasteiger partial charge >= 0.3 is 6.03 Å². The number of urea groups is 1. The summed E-state index contributed by atoms with van der Waals surface area (Å²) in [6.45, 7) is 4.48. The van der Waals surface area contributed by atoms with Gasteiger partial charge in [-0.25, -0.2) is 9.78 Å². The van der Waals surface area contributed by atoms with E-state index < -0.39 is 6.04 Å². The van der Waals surface area contributed by atoms with Gasteiger partial charge in [0.1, 0.15) is 6.04 Å². The van der Waals surface area contributed by atoms with Crippen LogP contribution in [0.2, 0.25) is 5.02 Å². The van der Waals surface area contributed by atoms with Gasteiger partial charge < -0.3 is 20.1 Å². The van der Waals surface area contributed by atoms with Crippen molar-refractivity contribution in [3.05, 3.63) is 80.6 Å². The fourth-order valence-electron chi connectivity index (χ4n) is 6.81. The molecule has 0 spiro atoms. The number of nitrogens with one attached hydrogen (secondary N) is 2. The SMILES string of the molecule is Cc1cn(CCNC(=O)[C@H]2CN(C3c4ccc(Cl)cc4CCc4cc(Br)cnc43)CCN2C(=O)NC2CCCCC2)cn1. The highest BCUT2D eigenvalue weighted by atomic mass is 79.9. The average Bonchev–Trinajstić information content (AvgIpc) is 3.35. The van der Waals surface area contributed by atoms with Crippen LogP contribution in [-0.4, -0.2) is 74.5 Å². The van der Waals surface area contributed by atoms with Gasteiger partial charge in [-0.05, 0) is 83.4 Å². The second kappa shape index (κ2) is 13.4. The number of hydrogen-bond acceptors (Lipinski definition) is 5. The number of hydrogen-bond donors (Lipinski definition) is 2. The van der Waals surface area contributed by atoms with E-state index in [2.05, 4.69) is 54.6 Å². The van der Waals surface area contributed by atoms with Crippen molar-refractivity contribution < 1.29 is 9.59 Å². The van der Waals surface area contributed by atoms with Gasteiger partial charge in [0.25, 0.3) is 0 Å². The molecule has 1 aromatic carbocycles. The molecule has 43 heavy (non-hydrogen) atoms. The van der Waals surface area contributed by atoms with Gasteiger partial charge in [-0.2, -0.15) is 0 Å². The Morgan fingerprint density at radius 2 is 1.88 bits per heavy atom. The smallest absolute Gasteiger partial charge is 0.318 e. The number of aromatic nitrogens is 3. The van der Waals surface area contributed by atoms with Gasteiger partial charge in [-0.1, -0.05) is 36.9 Å². The van der Waals surface area contributed by atoms with Crippen LogP contribution in [0.3, 0.4) is 0 Å². The number of aryl methyl sites for hydroxylation is 3. The summed E-state index contributed by atoms with van der Waals surface area (Å²) in [5.41, 5.74) is 5.47. The van der Waals surface area contributed by atoms with Crippen LogP contribution >= 0.6 is 27.5 Å². The summed E-state index contributed by atoms with van der Waals surface area (Å²) in [6, 6.07) is 7.48. The third-order valence-corrected chi connectivity index (χ3v) is 9.66. The van der Waals surface area contributed by atoms with Gasteiger partial charge in [0, 0.05) is 60.7 Å². The summed E-state index contributed by atoms with van der Waals surface area (Å²) in [6.07, 6.45) is 12.7. The van der Waals surface area contributed by atoms with Crippen molar-refractivity contribution in [3.63, 3.8) is 0 Å². The van der Waals surface area contributed by atoms with Gasteiger partial charge in [0.2, 0.25) is 5.91 Å². The molecule has 2 N–H and O–H groups in total. The minimum atomic E-state index is -0.639. The average molecular weight is 669 g/mol. The fourth-order valence-corrected chi connectivity index (χ4v) is 7.39. The maximum absolute atomic E-state index is 13.9. The predicted octanol–water partition coefficient (Wildman–Crippen LogP) is 5.04. The Balaban J connectivity index is 1.27. The number of piperazine rings is 1. The number of carbonyl (C=O) groups excluding carboxylic acids is 2. The third-order valence-electron chi connectivity index (χ3n) is 9.00. The topological polar surface area (TPSA) is 95.4 Å². The van der Waals surface area contributed by atoms with Gasteiger partial charge in [-0.15, -0.1) is 0 Å². The van der Waals surface area contributed by atoms with E-state index in [0.29, 0.717) is 37.7 Å². The fraction of sp³-hybridized carbons (Fsp3) is 0.500. The molecule has 6 rings (SSSR count). The number of carbonyl (C=O) groups is 2. The molecule has 2 aliphatic carbocycles. The standard InChI is InChI=1S/C32H39BrClN7O2/c1-21-18-39(20-37-21)12-11-35-31(42)28-19-40(13-14-41(28)32(43)38-26-5-3-2-4-6-26)30-27-10-9-25(34)16-22(27)7-8-23-15-24(33)17-36-29(23)30/h9-10,15-18,20,26,28,30H,2-8,11-14,19H2,1H3,(H,35,42)(H,38,43)/t28-,30?/m1/s1. The molecule has 0 bridgehead atoms. The lowest BCUT2D eigenvalue weighted by atomic mass is 9.95. The van der Waals surface area contributed by atoms with Crippen LogP contribution in [-0.2, 0) is 24.2 Å². The minimum absolute atomic E-state index is 0.144. The molecule has 1 saturated heterocycles. The number of benzene rings is 1. The van der Waals surface area contributed by atoms with E-state index >= 15 is 0 Å². The van der Waals surface area contributed by atoms with E-state index in [9.17, 15) is 9.59 Å². The van der Waals surface area contributed by atoms with Crippen molar-refractivity contribution in [3.8, 4) is 0 Å². The van der Waals surface area contributed by atoms with E-state index in [4.69, 9.17) is 16.6 Å². The van der Waals surface area contributed by atoms with Crippen LogP contribution in [0.1, 0.15) is 66.2 Å². The van der Waals surface area contributed by atoms with Gasteiger partial charge in [-0.3, -0.25) is 14.7 Å². The van der Waals surface area contributed by atoms with Crippen LogP contribution in [0.5, 0.6) is 0 Å². The number of pyridine rings is 1. The van der Waals surface area contributed by atoms with Crippen molar-refractivity contribution in [1.29, 1.82) is 0 Å². The molecule has 2 atom stereocenters. The van der Waals surface area contributed by atoms with Crippen LogP contribution in [0, 0.1) is 6.92 Å². The Hall–Kier alpha value is -2.95. The monoisotopic (exact) mass is 667 g/mol. The van der Waals surface area contributed by atoms with Gasteiger partial charge in [0.05, 0.1) is 23.8 Å². The second-order valence-corrected chi connectivity index (χ2v) is 13.3. The molecule has 1 saturated carbocycles. The Bertz CT molecular complexity index is 1420. The van der Waals surface area contributed by atoms with Crippen molar-refractivity contribution in [2.75, 3.05) is 26.2 Å². The second-order valence-electron chi connectivity index (χ2n) is 12.0. The highest BCUT2D eigenvalue weighted by Gasteiger charge is 2.40. The molecule has 9 nitrogen and oxygen atoms in total. The lowest BCUT2D eigenvalue weighted by Crippen LogP contribution is -2.63. The highest BCUT2D eigenvalue weighted by Crippen LogP contribution is 2.38. The Kier molecular flexibility index (Phi) is 9.35. The number of imidazole rings is 1. The molecular formula is C32H39BrClN7O2. The van der Waals surface area contributed by atoms with E-state index in [1.807, 2.05) is 30.0 Å². The molecule has 2 fully saturated rings. The molecule has 3 aliphatic rings. The number of halogens is 2. The lowest BCUT2D eigenvalue weighted by molar-refractivity contribution is -0.127. The first-order chi connectivity index (χ1) is 20.9. The Morgan fingerprint density at radius 3 is 2.67 bits per heavy atom. The third kappa shape index (κ3) is 6.91. The molecule has 11 heteroatoms. The predicted molar refractivity (Wildman–Crippen MR) is 170 cm³/mol. The van der Waals surface area contributed by atoms with Crippen molar-refractivity contribution in [1.82, 2.24) is 35.0 Å². The maximum atomic E-state index is 13.9. The molecule has 1 aliphatic heterocycles. The molecule has 3 amide bonds. The number of amides is 3. The van der Waals surface area contributed by atoms with Crippen LogP contribution in [0.4, 0.5) is 4.79 Å². The molecule has 228 valence electrons. The largest absolute Gasteiger partial charge is 0.352 e. The molecule has 2 aromatic heterocycles. The summed E-state index contributed by atoms with van der Waals surface area (Å²) in [5.74, 6) is -0.144. The number of fused-ring (bicyclic) bond motifs is 2.